The van der Waals surface area contributed by atoms with Crippen molar-refractivity contribution in [3.05, 3.63) is 72.9 Å². The summed E-state index contributed by atoms with van der Waals surface area (Å²) < 4.78 is 0. The van der Waals surface area contributed by atoms with Crippen LogP contribution < -0.4 is 10.6 Å². The number of carbonyl (C=O) groups excluding carboxylic acids is 2. The molecule has 0 radical (unpaired) electrons. The van der Waals surface area contributed by atoms with Crippen LogP contribution in [0.2, 0.25) is 0 Å². The minimum atomic E-state index is 0.0331. The lowest BCUT2D eigenvalue weighted by molar-refractivity contribution is -0.122. The third-order valence-electron chi connectivity index (χ3n) is 5.81. The van der Waals surface area contributed by atoms with E-state index in [-0.39, 0.29) is 11.8 Å². The topological polar surface area (TPSA) is 58.2 Å². The predicted molar refractivity (Wildman–Crippen MR) is 170 cm³/mol. The first-order valence-electron chi connectivity index (χ1n) is 14.4. The minimum absolute atomic E-state index is 0.0331. The van der Waals surface area contributed by atoms with E-state index in [0.717, 1.165) is 63.0 Å². The largest absolute Gasteiger partial charge is 0.354 e. The van der Waals surface area contributed by atoms with Gasteiger partial charge in [0.1, 0.15) is 0 Å². The summed E-state index contributed by atoms with van der Waals surface area (Å²) in [6.07, 6.45) is 38.5. The Morgan fingerprint density at radius 2 is 1.18 bits per heavy atom. The van der Waals surface area contributed by atoms with Crippen molar-refractivity contribution >= 4 is 33.4 Å². The average molecular weight is 559 g/mol. The van der Waals surface area contributed by atoms with Gasteiger partial charge in [0, 0.05) is 36.9 Å². The normalized spacial score (nSPS) is 16.4. The van der Waals surface area contributed by atoms with Crippen LogP contribution in [0.5, 0.6) is 0 Å². The molecule has 1 aliphatic rings. The average Bonchev–Trinajstić information content (AvgIpc) is 3.44. The van der Waals surface area contributed by atoms with Gasteiger partial charge < -0.3 is 10.6 Å². The number of amides is 2. The van der Waals surface area contributed by atoms with E-state index < -0.39 is 0 Å². The van der Waals surface area contributed by atoms with Gasteiger partial charge in [-0.2, -0.15) is 0 Å². The number of allylic oxidation sites excluding steroid dienone is 12. The third kappa shape index (κ3) is 23.2. The number of nitrogens with one attached hydrogen (secondary N) is 2. The van der Waals surface area contributed by atoms with Crippen molar-refractivity contribution in [1.29, 1.82) is 0 Å². The van der Waals surface area contributed by atoms with Crippen molar-refractivity contribution in [3.8, 4) is 0 Å². The minimum Gasteiger partial charge on any atom is -0.354 e. The second-order valence-corrected chi connectivity index (χ2v) is 12.0. The molecule has 0 aromatic heterocycles. The molecule has 1 rings (SSSR count). The second-order valence-electron chi connectivity index (χ2n) is 9.23. The number of unbranched alkanes of at least 4 members (excludes halogenated alkanes) is 1. The second kappa shape index (κ2) is 26.7. The molecule has 0 bridgehead atoms. The molecular weight excluding hydrogens is 508 g/mol. The molecule has 0 unspecified atom stereocenters. The third-order valence-corrected chi connectivity index (χ3v) is 8.82. The monoisotopic (exact) mass is 558 g/mol. The summed E-state index contributed by atoms with van der Waals surface area (Å²) in [6.45, 7) is 3.14. The van der Waals surface area contributed by atoms with Crippen molar-refractivity contribution in [2.75, 3.05) is 18.8 Å². The Morgan fingerprint density at radius 3 is 1.68 bits per heavy atom. The smallest absolute Gasteiger partial charge is 0.220 e. The van der Waals surface area contributed by atoms with Crippen molar-refractivity contribution in [3.63, 3.8) is 0 Å². The molecule has 212 valence electrons. The number of carbonyl (C=O) groups is 2. The highest BCUT2D eigenvalue weighted by molar-refractivity contribution is 8.77. The van der Waals surface area contributed by atoms with Crippen molar-refractivity contribution in [2.24, 2.45) is 0 Å². The first-order chi connectivity index (χ1) is 18.7. The van der Waals surface area contributed by atoms with Gasteiger partial charge in [-0.1, -0.05) is 108 Å². The maximum atomic E-state index is 11.9. The van der Waals surface area contributed by atoms with Crippen LogP contribution in [0, 0.1) is 0 Å². The predicted octanol–water partition coefficient (Wildman–Crippen LogP) is 8.41. The van der Waals surface area contributed by atoms with Gasteiger partial charge in [-0.05, 0) is 64.2 Å². The molecule has 1 atom stereocenters. The van der Waals surface area contributed by atoms with Gasteiger partial charge >= 0.3 is 0 Å². The van der Waals surface area contributed by atoms with Gasteiger partial charge in [0.2, 0.25) is 11.8 Å². The standard InChI is InChI=1S/C32H50N2O2S2/c1-2-3-4-5-6-7-8-9-10-11-12-13-14-15-16-17-18-19-20-24-31(35)33-27-28-34-32(36)25-22-21-23-30-26-29-37-38-30/h3-4,6-7,9-10,12-13,15-16,18-19,30H,2,5,8,11,14,17,20-29H2,1H3,(H,33,35)(H,34,36)/b4-3-,7-6-,10-9-,13-12-,16-15-,19-18-/t30-/m1/s1. The molecule has 0 spiro atoms. The highest BCUT2D eigenvalue weighted by Gasteiger charge is 2.15. The molecule has 1 heterocycles. The highest BCUT2D eigenvalue weighted by atomic mass is 33.1. The summed E-state index contributed by atoms with van der Waals surface area (Å²) >= 11 is 0. The lowest BCUT2D eigenvalue weighted by atomic mass is 10.1. The Hall–Kier alpha value is -1.92. The Labute approximate surface area is 240 Å². The van der Waals surface area contributed by atoms with Gasteiger partial charge in [0.25, 0.3) is 0 Å². The summed E-state index contributed by atoms with van der Waals surface area (Å²) in [7, 11) is 3.97. The fourth-order valence-corrected chi connectivity index (χ4v) is 6.68. The first kappa shape index (κ1) is 34.1. The van der Waals surface area contributed by atoms with E-state index in [2.05, 4.69) is 90.5 Å². The van der Waals surface area contributed by atoms with Crippen molar-refractivity contribution in [1.82, 2.24) is 10.6 Å². The van der Waals surface area contributed by atoms with Gasteiger partial charge in [0.15, 0.2) is 0 Å². The number of hydrogen-bond donors (Lipinski definition) is 2. The molecule has 0 saturated carbocycles. The maximum absolute atomic E-state index is 11.9. The summed E-state index contributed by atoms with van der Waals surface area (Å²) in [6, 6.07) is 0. The van der Waals surface area contributed by atoms with Crippen LogP contribution in [0.25, 0.3) is 0 Å². The number of rotatable bonds is 22. The SMILES string of the molecule is CC/C=C\C/C=C\C/C=C\C/C=C\C/C=C\C/C=C\CCC(=O)NCCNC(=O)CCCC[C@@H]1CCSS1. The molecule has 0 aromatic rings. The van der Waals surface area contributed by atoms with Crippen LogP contribution in [0.1, 0.15) is 90.4 Å². The van der Waals surface area contributed by atoms with E-state index in [1.165, 1.54) is 18.6 Å². The summed E-state index contributed by atoms with van der Waals surface area (Å²) in [5, 5.41) is 6.56. The van der Waals surface area contributed by atoms with E-state index in [4.69, 9.17) is 0 Å². The molecule has 4 nitrogen and oxygen atoms in total. The van der Waals surface area contributed by atoms with Crippen LogP contribution in [-0.4, -0.2) is 35.9 Å². The Bertz CT molecular complexity index is 778. The molecule has 6 heteroatoms. The molecule has 1 saturated heterocycles. The van der Waals surface area contributed by atoms with Gasteiger partial charge in [-0.25, -0.2) is 0 Å². The molecule has 1 aliphatic heterocycles. The zero-order valence-electron chi connectivity index (χ0n) is 23.5. The van der Waals surface area contributed by atoms with Gasteiger partial charge in [-0.15, -0.1) is 0 Å². The quantitative estimate of drug-likeness (QED) is 0.0795. The first-order valence-corrected chi connectivity index (χ1v) is 16.8. The van der Waals surface area contributed by atoms with Crippen LogP contribution >= 0.6 is 21.6 Å². The lowest BCUT2D eigenvalue weighted by Gasteiger charge is -2.08. The molecule has 2 N–H and O–H groups in total. The van der Waals surface area contributed by atoms with Gasteiger partial charge in [-0.3, -0.25) is 9.59 Å². The summed E-state index contributed by atoms with van der Waals surface area (Å²) in [4.78, 5) is 23.8. The molecule has 0 aliphatic carbocycles. The molecular formula is C32H50N2O2S2. The van der Waals surface area contributed by atoms with Crippen LogP contribution in [-0.2, 0) is 9.59 Å². The number of hydrogen-bond acceptors (Lipinski definition) is 4. The zero-order valence-corrected chi connectivity index (χ0v) is 25.1. The lowest BCUT2D eigenvalue weighted by Crippen LogP contribution is -2.34. The Morgan fingerprint density at radius 1 is 0.684 bits per heavy atom. The summed E-state index contributed by atoms with van der Waals surface area (Å²) in [5.41, 5.74) is 0. The van der Waals surface area contributed by atoms with E-state index in [1.807, 2.05) is 21.6 Å². The van der Waals surface area contributed by atoms with E-state index >= 15 is 0 Å². The molecule has 38 heavy (non-hydrogen) atoms. The van der Waals surface area contributed by atoms with Crippen LogP contribution in [0.4, 0.5) is 0 Å². The molecule has 0 aromatic carbocycles. The zero-order chi connectivity index (χ0) is 27.4. The van der Waals surface area contributed by atoms with E-state index in [1.54, 1.807) is 0 Å². The maximum Gasteiger partial charge on any atom is 0.220 e. The van der Waals surface area contributed by atoms with E-state index in [9.17, 15) is 9.59 Å². The fourth-order valence-electron chi connectivity index (χ4n) is 3.66. The van der Waals surface area contributed by atoms with Crippen molar-refractivity contribution < 1.29 is 9.59 Å². The van der Waals surface area contributed by atoms with Gasteiger partial charge in [0.05, 0.1) is 0 Å². The highest BCUT2D eigenvalue weighted by Crippen LogP contribution is 2.39. The molecule has 1 fully saturated rings. The van der Waals surface area contributed by atoms with Crippen LogP contribution in [0.15, 0.2) is 72.9 Å². The molecule has 2 amide bonds. The fraction of sp³-hybridized carbons (Fsp3) is 0.562. The van der Waals surface area contributed by atoms with Crippen LogP contribution in [0.3, 0.4) is 0 Å². The Balaban J connectivity index is 1.89. The summed E-state index contributed by atoms with van der Waals surface area (Å²) in [5.74, 6) is 1.39. The Kier molecular flexibility index (Phi) is 23.9. The van der Waals surface area contributed by atoms with Crippen molar-refractivity contribution in [2.45, 2.75) is 95.6 Å². The van der Waals surface area contributed by atoms with E-state index in [0.29, 0.717) is 25.9 Å².